The van der Waals surface area contributed by atoms with E-state index in [1.165, 1.54) is 0 Å². The largest absolute Gasteiger partial charge is 0.483 e. The molecule has 0 saturated carbocycles. The molecule has 0 unspecified atom stereocenters. The molecule has 0 radical (unpaired) electrons. The Morgan fingerprint density at radius 1 is 0.897 bits per heavy atom. The third-order valence-corrected chi connectivity index (χ3v) is 4.62. The van der Waals surface area contributed by atoms with Crippen molar-refractivity contribution in [3.05, 3.63) is 107 Å². The van der Waals surface area contributed by atoms with Gasteiger partial charge in [0.05, 0.1) is 17.6 Å². The Morgan fingerprint density at radius 3 is 2.45 bits per heavy atom. The summed E-state index contributed by atoms with van der Waals surface area (Å²) in [4.78, 5) is 12.6. The van der Waals surface area contributed by atoms with Crippen molar-refractivity contribution in [1.82, 2.24) is 19.6 Å². The third-order valence-electron chi connectivity index (χ3n) is 4.62. The van der Waals surface area contributed by atoms with Crippen molar-refractivity contribution in [3.8, 4) is 11.4 Å². The first kappa shape index (κ1) is 18.7. The molecule has 2 aromatic heterocycles. The molecular formula is C23H22N4O2. The van der Waals surface area contributed by atoms with E-state index in [0.717, 1.165) is 29.8 Å². The average Bonchev–Trinajstić information content (AvgIpc) is 3.24. The summed E-state index contributed by atoms with van der Waals surface area (Å²) in [5.74, 6) is 0.367. The second-order valence-electron chi connectivity index (χ2n) is 6.74. The molecule has 0 saturated heterocycles. The number of nitrogens with zero attached hydrogens (tertiary/aromatic N) is 4. The molecule has 6 heteroatoms. The molecule has 0 fully saturated rings. The van der Waals surface area contributed by atoms with Gasteiger partial charge in [0.2, 0.25) is 0 Å². The smallest absolute Gasteiger partial charge is 0.292 e. The van der Waals surface area contributed by atoms with Crippen LogP contribution in [0.4, 0.5) is 0 Å². The molecule has 0 spiro atoms. The lowest BCUT2D eigenvalue weighted by molar-refractivity contribution is 0.298. The monoisotopic (exact) mass is 386 g/mol. The van der Waals surface area contributed by atoms with E-state index in [1.807, 2.05) is 72.9 Å². The maximum atomic E-state index is 12.6. The zero-order chi connectivity index (χ0) is 19.9. The van der Waals surface area contributed by atoms with Gasteiger partial charge in [-0.2, -0.15) is 0 Å². The van der Waals surface area contributed by atoms with Crippen molar-refractivity contribution >= 4 is 0 Å². The number of benzene rings is 2. The number of pyridine rings is 1. The molecular weight excluding hydrogens is 364 g/mol. The molecule has 0 N–H and O–H groups in total. The van der Waals surface area contributed by atoms with E-state index in [-0.39, 0.29) is 5.56 Å². The van der Waals surface area contributed by atoms with Gasteiger partial charge in [0.25, 0.3) is 5.56 Å². The van der Waals surface area contributed by atoms with Gasteiger partial charge in [0, 0.05) is 12.7 Å². The lowest BCUT2D eigenvalue weighted by atomic mass is 10.2. The van der Waals surface area contributed by atoms with Gasteiger partial charge in [-0.25, -0.2) is 4.68 Å². The molecule has 4 rings (SSSR count). The minimum atomic E-state index is -0.114. The molecule has 0 aliphatic rings. The molecule has 29 heavy (non-hydrogen) atoms. The third kappa shape index (κ3) is 4.79. The van der Waals surface area contributed by atoms with E-state index >= 15 is 0 Å². The highest BCUT2D eigenvalue weighted by Gasteiger charge is 2.06. The maximum absolute atomic E-state index is 12.6. The van der Waals surface area contributed by atoms with Crippen LogP contribution < -0.4 is 10.3 Å². The Labute approximate surface area is 169 Å². The zero-order valence-electron chi connectivity index (χ0n) is 16.0. The standard InChI is InChI=1S/C23H22N4O2/c28-23-22(29-18-19-9-3-1-4-10-19)14-8-16-26(23)15-7-11-20-17-27(25-24-20)21-12-5-2-6-13-21/h1-6,8-10,12-14,16-17H,7,11,15,18H2. The Bertz CT molecular complexity index is 1100. The molecule has 0 atom stereocenters. The predicted octanol–water partition coefficient (Wildman–Crippen LogP) is 3.64. The number of hydrogen-bond acceptors (Lipinski definition) is 4. The van der Waals surface area contributed by atoms with Crippen LogP contribution in [0.2, 0.25) is 0 Å². The van der Waals surface area contributed by atoms with Crippen molar-refractivity contribution in [2.24, 2.45) is 0 Å². The van der Waals surface area contributed by atoms with Crippen LogP contribution in [0.25, 0.3) is 5.69 Å². The average molecular weight is 386 g/mol. The zero-order valence-corrected chi connectivity index (χ0v) is 16.0. The fourth-order valence-corrected chi connectivity index (χ4v) is 3.09. The van der Waals surface area contributed by atoms with Gasteiger partial charge in [-0.15, -0.1) is 5.10 Å². The van der Waals surface area contributed by atoms with Crippen molar-refractivity contribution < 1.29 is 4.74 Å². The summed E-state index contributed by atoms with van der Waals surface area (Å²) in [6.45, 7) is 0.974. The normalized spacial score (nSPS) is 10.8. The van der Waals surface area contributed by atoms with E-state index in [1.54, 1.807) is 21.5 Å². The van der Waals surface area contributed by atoms with Crippen molar-refractivity contribution in [3.63, 3.8) is 0 Å². The van der Waals surface area contributed by atoms with Gasteiger partial charge < -0.3 is 9.30 Å². The SMILES string of the molecule is O=c1c(OCc2ccccc2)cccn1CCCc1cn(-c2ccccc2)nn1. The highest BCUT2D eigenvalue weighted by Crippen LogP contribution is 2.09. The van der Waals surface area contributed by atoms with Crippen LogP contribution in [0.15, 0.2) is 90.0 Å². The van der Waals surface area contributed by atoms with E-state index in [2.05, 4.69) is 10.3 Å². The lowest BCUT2D eigenvalue weighted by Crippen LogP contribution is -2.21. The van der Waals surface area contributed by atoms with Crippen LogP contribution >= 0.6 is 0 Å². The van der Waals surface area contributed by atoms with E-state index in [9.17, 15) is 4.79 Å². The van der Waals surface area contributed by atoms with Gasteiger partial charge in [-0.3, -0.25) is 4.79 Å². The number of rotatable bonds is 8. The summed E-state index contributed by atoms with van der Waals surface area (Å²) in [5.41, 5.74) is 2.80. The molecule has 0 aliphatic heterocycles. The molecule has 0 amide bonds. The molecule has 2 heterocycles. The number of aryl methyl sites for hydroxylation is 2. The molecule has 146 valence electrons. The summed E-state index contributed by atoms with van der Waals surface area (Å²) >= 11 is 0. The van der Waals surface area contributed by atoms with Crippen LogP contribution in [0.1, 0.15) is 17.7 Å². The van der Waals surface area contributed by atoms with Gasteiger partial charge >= 0.3 is 0 Å². The van der Waals surface area contributed by atoms with E-state index in [0.29, 0.717) is 18.9 Å². The minimum Gasteiger partial charge on any atom is -0.483 e. The Hall–Kier alpha value is -3.67. The Kier molecular flexibility index (Phi) is 5.81. The number of hydrogen-bond donors (Lipinski definition) is 0. The van der Waals surface area contributed by atoms with Crippen LogP contribution in [0, 0.1) is 0 Å². The van der Waals surface area contributed by atoms with Crippen molar-refractivity contribution in [2.45, 2.75) is 26.0 Å². The lowest BCUT2D eigenvalue weighted by Gasteiger charge is -2.09. The van der Waals surface area contributed by atoms with Gasteiger partial charge in [-0.1, -0.05) is 53.7 Å². The van der Waals surface area contributed by atoms with Crippen molar-refractivity contribution in [2.75, 3.05) is 0 Å². The summed E-state index contributed by atoms with van der Waals surface area (Å²) in [6.07, 6.45) is 5.25. The summed E-state index contributed by atoms with van der Waals surface area (Å²) in [6, 6.07) is 23.2. The quantitative estimate of drug-likeness (QED) is 0.464. The first-order valence-electron chi connectivity index (χ1n) is 9.62. The minimum absolute atomic E-state index is 0.114. The van der Waals surface area contributed by atoms with Crippen LogP contribution in [0.5, 0.6) is 5.75 Å². The molecule has 4 aromatic rings. The predicted molar refractivity (Wildman–Crippen MR) is 111 cm³/mol. The summed E-state index contributed by atoms with van der Waals surface area (Å²) < 4.78 is 9.17. The van der Waals surface area contributed by atoms with Crippen LogP contribution in [-0.2, 0) is 19.6 Å². The summed E-state index contributed by atoms with van der Waals surface area (Å²) in [5, 5.41) is 8.40. The van der Waals surface area contributed by atoms with Gasteiger partial charge in [0.15, 0.2) is 5.75 Å². The van der Waals surface area contributed by atoms with Crippen LogP contribution in [0.3, 0.4) is 0 Å². The van der Waals surface area contributed by atoms with E-state index < -0.39 is 0 Å². The number of para-hydroxylation sites is 1. The molecule has 0 bridgehead atoms. The fourth-order valence-electron chi connectivity index (χ4n) is 3.09. The Morgan fingerprint density at radius 2 is 1.66 bits per heavy atom. The Balaban J connectivity index is 1.34. The molecule has 6 nitrogen and oxygen atoms in total. The van der Waals surface area contributed by atoms with Gasteiger partial charge in [-0.05, 0) is 42.7 Å². The van der Waals surface area contributed by atoms with Crippen LogP contribution in [-0.4, -0.2) is 19.6 Å². The highest BCUT2D eigenvalue weighted by atomic mass is 16.5. The van der Waals surface area contributed by atoms with E-state index in [4.69, 9.17) is 4.74 Å². The van der Waals surface area contributed by atoms with Crippen molar-refractivity contribution in [1.29, 1.82) is 0 Å². The first-order chi connectivity index (χ1) is 14.3. The first-order valence-corrected chi connectivity index (χ1v) is 9.62. The second-order valence-corrected chi connectivity index (χ2v) is 6.74. The molecule has 2 aromatic carbocycles. The maximum Gasteiger partial charge on any atom is 0.292 e. The highest BCUT2D eigenvalue weighted by molar-refractivity contribution is 5.30. The topological polar surface area (TPSA) is 61.9 Å². The second kappa shape index (κ2) is 9.01. The molecule has 0 aliphatic carbocycles. The summed E-state index contributed by atoms with van der Waals surface area (Å²) in [7, 11) is 0. The fraction of sp³-hybridized carbons (Fsp3) is 0.174. The number of ether oxygens (including phenoxy) is 1. The number of aromatic nitrogens is 4. The van der Waals surface area contributed by atoms with Gasteiger partial charge in [0.1, 0.15) is 6.61 Å².